The second kappa shape index (κ2) is 6.75. The van der Waals surface area contributed by atoms with E-state index in [2.05, 4.69) is 24.4 Å². The summed E-state index contributed by atoms with van der Waals surface area (Å²) < 4.78 is 5.07. The molecule has 0 aliphatic heterocycles. The fourth-order valence-corrected chi connectivity index (χ4v) is 1.99. The average Bonchev–Trinajstić information content (AvgIpc) is 2.53. The van der Waals surface area contributed by atoms with Gasteiger partial charge in [-0.2, -0.15) is 0 Å². The Labute approximate surface area is 119 Å². The maximum atomic E-state index is 12.0. The third-order valence-corrected chi connectivity index (χ3v) is 3.29. The van der Waals surface area contributed by atoms with Gasteiger partial charge >= 0.3 is 0 Å². The molecular weight excluding hydrogens is 250 g/mol. The third kappa shape index (κ3) is 3.60. The molecule has 0 fully saturated rings. The number of hydrogen-bond acceptors (Lipinski definition) is 2. The lowest BCUT2D eigenvalue weighted by atomic mass is 10.0. The summed E-state index contributed by atoms with van der Waals surface area (Å²) in [7, 11) is 1.61. The molecule has 0 aromatic heterocycles. The Morgan fingerprint density at radius 2 is 1.75 bits per heavy atom. The summed E-state index contributed by atoms with van der Waals surface area (Å²) in [6.45, 7) is 2.72. The Kier molecular flexibility index (Phi) is 4.77. The molecule has 0 radical (unpaired) electrons. The van der Waals surface area contributed by atoms with Crippen LogP contribution in [0.4, 0.5) is 0 Å². The van der Waals surface area contributed by atoms with Gasteiger partial charge in [-0.3, -0.25) is 4.79 Å². The zero-order valence-electron chi connectivity index (χ0n) is 11.8. The molecule has 1 atom stereocenters. The Bertz CT molecular complexity index is 549. The van der Waals surface area contributed by atoms with Crippen LogP contribution in [0.2, 0.25) is 0 Å². The van der Waals surface area contributed by atoms with Crippen LogP contribution in [0.15, 0.2) is 54.6 Å². The summed E-state index contributed by atoms with van der Waals surface area (Å²) >= 11 is 0. The zero-order chi connectivity index (χ0) is 14.4. The van der Waals surface area contributed by atoms with Crippen molar-refractivity contribution in [1.82, 2.24) is 5.32 Å². The van der Waals surface area contributed by atoms with Gasteiger partial charge in [0, 0.05) is 12.1 Å². The second-order valence-corrected chi connectivity index (χ2v) is 4.75. The molecule has 2 rings (SSSR count). The van der Waals surface area contributed by atoms with Crippen LogP contribution in [0.1, 0.15) is 28.8 Å². The summed E-state index contributed by atoms with van der Waals surface area (Å²) in [6, 6.07) is 17.3. The zero-order valence-corrected chi connectivity index (χ0v) is 11.8. The van der Waals surface area contributed by atoms with Crippen molar-refractivity contribution in [3.05, 3.63) is 65.7 Å². The van der Waals surface area contributed by atoms with Gasteiger partial charge in [0.1, 0.15) is 5.75 Å². The second-order valence-electron chi connectivity index (χ2n) is 4.75. The van der Waals surface area contributed by atoms with Crippen molar-refractivity contribution in [2.75, 3.05) is 13.7 Å². The highest BCUT2D eigenvalue weighted by Crippen LogP contribution is 2.14. The Morgan fingerprint density at radius 3 is 2.35 bits per heavy atom. The number of methoxy groups -OCH3 is 1. The number of ether oxygens (including phenoxy) is 1. The van der Waals surface area contributed by atoms with Crippen LogP contribution in [0.3, 0.4) is 0 Å². The normalized spacial score (nSPS) is 11.7. The van der Waals surface area contributed by atoms with Gasteiger partial charge in [0.25, 0.3) is 5.91 Å². The van der Waals surface area contributed by atoms with E-state index in [1.54, 1.807) is 31.4 Å². The van der Waals surface area contributed by atoms with E-state index < -0.39 is 0 Å². The largest absolute Gasteiger partial charge is 0.497 e. The fraction of sp³-hybridized carbons (Fsp3) is 0.235. The molecule has 3 heteroatoms. The van der Waals surface area contributed by atoms with Crippen molar-refractivity contribution in [3.63, 3.8) is 0 Å². The summed E-state index contributed by atoms with van der Waals surface area (Å²) in [5.41, 5.74) is 1.87. The predicted molar refractivity (Wildman–Crippen MR) is 80.2 cm³/mol. The number of nitrogens with one attached hydrogen (secondary N) is 1. The fourth-order valence-electron chi connectivity index (χ4n) is 1.99. The van der Waals surface area contributed by atoms with E-state index in [-0.39, 0.29) is 5.91 Å². The van der Waals surface area contributed by atoms with Crippen molar-refractivity contribution in [2.45, 2.75) is 12.8 Å². The highest BCUT2D eigenvalue weighted by Gasteiger charge is 2.09. The summed E-state index contributed by atoms with van der Waals surface area (Å²) in [4.78, 5) is 12.0. The van der Waals surface area contributed by atoms with E-state index >= 15 is 0 Å². The molecule has 2 aromatic carbocycles. The molecule has 3 nitrogen and oxygen atoms in total. The molecule has 0 bridgehead atoms. The molecule has 0 aliphatic carbocycles. The van der Waals surface area contributed by atoms with Crippen LogP contribution in [0.5, 0.6) is 5.75 Å². The number of hydrogen-bond donors (Lipinski definition) is 1. The molecule has 0 saturated carbocycles. The number of amides is 1. The Hall–Kier alpha value is -2.29. The highest BCUT2D eigenvalue weighted by molar-refractivity contribution is 5.94. The van der Waals surface area contributed by atoms with Gasteiger partial charge in [0.05, 0.1) is 7.11 Å². The Morgan fingerprint density at radius 1 is 1.10 bits per heavy atom. The lowest BCUT2D eigenvalue weighted by molar-refractivity contribution is 0.0951. The number of benzene rings is 2. The SMILES string of the molecule is COc1ccc(C(=O)NCC(C)c2ccccc2)cc1. The minimum absolute atomic E-state index is 0.0598. The molecular formula is C17H19NO2. The summed E-state index contributed by atoms with van der Waals surface area (Å²) in [5, 5.41) is 2.95. The first kappa shape index (κ1) is 14.1. The summed E-state index contributed by atoms with van der Waals surface area (Å²) in [6.07, 6.45) is 0. The first-order chi connectivity index (χ1) is 9.70. The topological polar surface area (TPSA) is 38.3 Å². The third-order valence-electron chi connectivity index (χ3n) is 3.29. The van der Waals surface area contributed by atoms with Gasteiger partial charge in [0.2, 0.25) is 0 Å². The number of rotatable bonds is 5. The lowest BCUT2D eigenvalue weighted by Gasteiger charge is -2.13. The van der Waals surface area contributed by atoms with E-state index in [4.69, 9.17) is 4.74 Å². The Balaban J connectivity index is 1.91. The average molecular weight is 269 g/mol. The van der Waals surface area contributed by atoms with E-state index in [0.717, 1.165) is 5.75 Å². The predicted octanol–water partition coefficient (Wildman–Crippen LogP) is 3.23. The quantitative estimate of drug-likeness (QED) is 0.905. The van der Waals surface area contributed by atoms with Crippen LogP contribution in [-0.4, -0.2) is 19.6 Å². The van der Waals surface area contributed by atoms with Crippen molar-refractivity contribution in [1.29, 1.82) is 0 Å². The minimum Gasteiger partial charge on any atom is -0.497 e. The summed E-state index contributed by atoms with van der Waals surface area (Å²) in [5.74, 6) is 0.980. The molecule has 0 aliphatic rings. The molecule has 0 saturated heterocycles. The van der Waals surface area contributed by atoms with Gasteiger partial charge in [-0.1, -0.05) is 37.3 Å². The first-order valence-electron chi connectivity index (χ1n) is 6.68. The van der Waals surface area contributed by atoms with Crippen LogP contribution >= 0.6 is 0 Å². The van der Waals surface area contributed by atoms with Gasteiger partial charge in [-0.15, -0.1) is 0 Å². The number of carbonyl (C=O) groups is 1. The van der Waals surface area contributed by atoms with Crippen molar-refractivity contribution >= 4 is 5.91 Å². The van der Waals surface area contributed by atoms with Gasteiger partial charge < -0.3 is 10.1 Å². The maximum absolute atomic E-state index is 12.0. The van der Waals surface area contributed by atoms with Crippen LogP contribution < -0.4 is 10.1 Å². The smallest absolute Gasteiger partial charge is 0.251 e. The maximum Gasteiger partial charge on any atom is 0.251 e. The van der Waals surface area contributed by atoms with Gasteiger partial charge in [0.15, 0.2) is 0 Å². The minimum atomic E-state index is -0.0598. The number of carbonyl (C=O) groups excluding carboxylic acids is 1. The lowest BCUT2D eigenvalue weighted by Crippen LogP contribution is -2.27. The highest BCUT2D eigenvalue weighted by atomic mass is 16.5. The van der Waals surface area contributed by atoms with E-state index in [9.17, 15) is 4.79 Å². The van der Waals surface area contributed by atoms with Crippen LogP contribution in [0.25, 0.3) is 0 Å². The molecule has 1 unspecified atom stereocenters. The first-order valence-corrected chi connectivity index (χ1v) is 6.68. The molecule has 2 aromatic rings. The van der Waals surface area contributed by atoms with Crippen molar-refractivity contribution < 1.29 is 9.53 Å². The molecule has 0 heterocycles. The molecule has 1 amide bonds. The van der Waals surface area contributed by atoms with Crippen molar-refractivity contribution in [3.8, 4) is 5.75 Å². The molecule has 0 spiro atoms. The molecule has 104 valence electrons. The van der Waals surface area contributed by atoms with Crippen LogP contribution in [-0.2, 0) is 0 Å². The van der Waals surface area contributed by atoms with Crippen molar-refractivity contribution in [2.24, 2.45) is 0 Å². The van der Waals surface area contributed by atoms with E-state index in [0.29, 0.717) is 18.0 Å². The van der Waals surface area contributed by atoms with E-state index in [1.807, 2.05) is 18.2 Å². The van der Waals surface area contributed by atoms with Gasteiger partial charge in [-0.25, -0.2) is 0 Å². The molecule has 1 N–H and O–H groups in total. The van der Waals surface area contributed by atoms with Crippen LogP contribution in [0, 0.1) is 0 Å². The monoisotopic (exact) mass is 269 g/mol. The standard InChI is InChI=1S/C17H19NO2/c1-13(14-6-4-3-5-7-14)12-18-17(19)15-8-10-16(20-2)11-9-15/h3-11,13H,12H2,1-2H3,(H,18,19). The van der Waals surface area contributed by atoms with E-state index in [1.165, 1.54) is 5.56 Å². The molecule has 20 heavy (non-hydrogen) atoms. The van der Waals surface area contributed by atoms with Gasteiger partial charge in [-0.05, 0) is 35.7 Å².